The number of likely N-dealkylation sites (tertiary alicyclic amines) is 1. The standard InChI is InChI=1S/C22H25BrN2O3/c1-15-3-8-20(16(2)13-15)28-14-21(26)25-11-9-19(10-12-25)24-22(27)17-4-6-18(23)7-5-17/h3-8,13,19H,9-12,14H2,1-2H3,(H,24,27). The Kier molecular flexibility index (Phi) is 6.73. The van der Waals surface area contributed by atoms with Crippen molar-refractivity contribution in [3.05, 3.63) is 63.6 Å². The maximum Gasteiger partial charge on any atom is 0.260 e. The zero-order valence-corrected chi connectivity index (χ0v) is 17.8. The molecule has 2 aromatic carbocycles. The molecule has 148 valence electrons. The van der Waals surface area contributed by atoms with Crippen molar-refractivity contribution in [2.75, 3.05) is 19.7 Å². The zero-order chi connectivity index (χ0) is 20.1. The third-order valence-electron chi connectivity index (χ3n) is 4.97. The van der Waals surface area contributed by atoms with Crippen LogP contribution in [0.4, 0.5) is 0 Å². The summed E-state index contributed by atoms with van der Waals surface area (Å²) in [6.07, 6.45) is 1.50. The van der Waals surface area contributed by atoms with Gasteiger partial charge in [-0.2, -0.15) is 0 Å². The van der Waals surface area contributed by atoms with Crippen LogP contribution in [-0.2, 0) is 4.79 Å². The molecule has 1 saturated heterocycles. The van der Waals surface area contributed by atoms with Gasteiger partial charge in [-0.25, -0.2) is 0 Å². The average Bonchev–Trinajstić information content (AvgIpc) is 2.68. The Labute approximate surface area is 174 Å². The van der Waals surface area contributed by atoms with Gasteiger partial charge in [0, 0.05) is 29.2 Å². The Bertz CT molecular complexity index is 843. The SMILES string of the molecule is Cc1ccc(OCC(=O)N2CCC(NC(=O)c3ccc(Br)cc3)CC2)c(C)c1. The van der Waals surface area contributed by atoms with E-state index in [2.05, 4.69) is 21.2 Å². The first kappa shape index (κ1) is 20.4. The average molecular weight is 445 g/mol. The predicted octanol–water partition coefficient (Wildman–Crippen LogP) is 3.87. The van der Waals surface area contributed by atoms with E-state index in [1.54, 1.807) is 12.1 Å². The number of carbonyl (C=O) groups is 2. The van der Waals surface area contributed by atoms with Crippen LogP contribution in [0.3, 0.4) is 0 Å². The molecule has 1 fully saturated rings. The molecule has 1 heterocycles. The van der Waals surface area contributed by atoms with E-state index in [-0.39, 0.29) is 24.5 Å². The van der Waals surface area contributed by atoms with Crippen molar-refractivity contribution in [1.82, 2.24) is 10.2 Å². The minimum atomic E-state index is -0.0737. The molecule has 0 atom stereocenters. The number of piperidine rings is 1. The Morgan fingerprint density at radius 3 is 2.43 bits per heavy atom. The lowest BCUT2D eigenvalue weighted by Crippen LogP contribution is -2.47. The summed E-state index contributed by atoms with van der Waals surface area (Å²) in [6, 6.07) is 13.3. The third-order valence-corrected chi connectivity index (χ3v) is 5.50. The first-order chi connectivity index (χ1) is 13.4. The number of aryl methyl sites for hydroxylation is 2. The largest absolute Gasteiger partial charge is 0.484 e. The molecule has 0 radical (unpaired) electrons. The first-order valence-corrected chi connectivity index (χ1v) is 10.3. The second-order valence-electron chi connectivity index (χ2n) is 7.19. The lowest BCUT2D eigenvalue weighted by molar-refractivity contribution is -0.134. The Morgan fingerprint density at radius 1 is 1.11 bits per heavy atom. The smallest absolute Gasteiger partial charge is 0.260 e. The van der Waals surface area contributed by atoms with E-state index in [1.165, 1.54) is 5.56 Å². The van der Waals surface area contributed by atoms with E-state index in [1.807, 2.05) is 49.1 Å². The van der Waals surface area contributed by atoms with Gasteiger partial charge in [0.15, 0.2) is 6.61 Å². The molecular weight excluding hydrogens is 420 g/mol. The van der Waals surface area contributed by atoms with Gasteiger partial charge in [-0.15, -0.1) is 0 Å². The second-order valence-corrected chi connectivity index (χ2v) is 8.11. The molecule has 0 bridgehead atoms. The maximum atomic E-state index is 12.4. The van der Waals surface area contributed by atoms with Crippen LogP contribution >= 0.6 is 15.9 Å². The lowest BCUT2D eigenvalue weighted by Gasteiger charge is -2.32. The molecule has 1 aliphatic rings. The molecule has 0 spiro atoms. The topological polar surface area (TPSA) is 58.6 Å². The molecule has 0 unspecified atom stereocenters. The lowest BCUT2D eigenvalue weighted by atomic mass is 10.0. The van der Waals surface area contributed by atoms with E-state index in [0.717, 1.165) is 28.6 Å². The van der Waals surface area contributed by atoms with Gasteiger partial charge in [0.25, 0.3) is 11.8 Å². The number of hydrogen-bond donors (Lipinski definition) is 1. The highest BCUT2D eigenvalue weighted by Gasteiger charge is 2.24. The molecule has 0 aliphatic carbocycles. The summed E-state index contributed by atoms with van der Waals surface area (Å²) in [5.74, 6) is 0.656. The van der Waals surface area contributed by atoms with Crippen molar-refractivity contribution in [3.63, 3.8) is 0 Å². The molecule has 0 aromatic heterocycles. The number of nitrogens with zero attached hydrogens (tertiary/aromatic N) is 1. The van der Waals surface area contributed by atoms with E-state index in [0.29, 0.717) is 18.7 Å². The van der Waals surface area contributed by atoms with Crippen molar-refractivity contribution in [1.29, 1.82) is 0 Å². The van der Waals surface area contributed by atoms with Gasteiger partial charge in [-0.1, -0.05) is 33.6 Å². The van der Waals surface area contributed by atoms with Crippen LogP contribution in [0.25, 0.3) is 0 Å². The fourth-order valence-electron chi connectivity index (χ4n) is 3.34. The molecule has 28 heavy (non-hydrogen) atoms. The Hall–Kier alpha value is -2.34. The molecule has 1 aliphatic heterocycles. The van der Waals surface area contributed by atoms with Gasteiger partial charge in [0.1, 0.15) is 5.75 Å². The van der Waals surface area contributed by atoms with Crippen molar-refractivity contribution >= 4 is 27.7 Å². The van der Waals surface area contributed by atoms with Crippen LogP contribution in [-0.4, -0.2) is 42.5 Å². The van der Waals surface area contributed by atoms with Crippen LogP contribution in [0.5, 0.6) is 5.75 Å². The number of halogens is 1. The molecule has 5 nitrogen and oxygen atoms in total. The summed E-state index contributed by atoms with van der Waals surface area (Å²) in [5.41, 5.74) is 2.84. The number of rotatable bonds is 5. The van der Waals surface area contributed by atoms with Crippen LogP contribution in [0.2, 0.25) is 0 Å². The number of benzene rings is 2. The normalized spacial score (nSPS) is 14.6. The van der Waals surface area contributed by atoms with E-state index in [4.69, 9.17) is 4.74 Å². The van der Waals surface area contributed by atoms with Gasteiger partial charge < -0.3 is 15.0 Å². The molecule has 3 rings (SSSR count). The summed E-state index contributed by atoms with van der Waals surface area (Å²) in [7, 11) is 0. The van der Waals surface area contributed by atoms with E-state index >= 15 is 0 Å². The number of nitrogens with one attached hydrogen (secondary N) is 1. The molecule has 2 aromatic rings. The van der Waals surface area contributed by atoms with Crippen molar-refractivity contribution < 1.29 is 14.3 Å². The molecule has 1 N–H and O–H groups in total. The van der Waals surface area contributed by atoms with Crippen molar-refractivity contribution in [2.24, 2.45) is 0 Å². The zero-order valence-electron chi connectivity index (χ0n) is 16.2. The van der Waals surface area contributed by atoms with Crippen LogP contribution in [0.15, 0.2) is 46.9 Å². The van der Waals surface area contributed by atoms with Gasteiger partial charge >= 0.3 is 0 Å². The quantitative estimate of drug-likeness (QED) is 0.761. The number of hydrogen-bond acceptors (Lipinski definition) is 3. The number of carbonyl (C=O) groups excluding carboxylic acids is 2. The number of ether oxygens (including phenoxy) is 1. The van der Waals surface area contributed by atoms with Crippen LogP contribution in [0, 0.1) is 13.8 Å². The van der Waals surface area contributed by atoms with E-state index < -0.39 is 0 Å². The minimum absolute atomic E-state index is 0.0161. The summed E-state index contributed by atoms with van der Waals surface area (Å²) in [4.78, 5) is 26.6. The van der Waals surface area contributed by atoms with E-state index in [9.17, 15) is 9.59 Å². The van der Waals surface area contributed by atoms with Crippen LogP contribution in [0.1, 0.15) is 34.3 Å². The van der Waals surface area contributed by atoms with Gasteiger partial charge in [-0.3, -0.25) is 9.59 Å². The van der Waals surface area contributed by atoms with Crippen molar-refractivity contribution in [3.8, 4) is 5.75 Å². The second kappa shape index (κ2) is 9.24. The Morgan fingerprint density at radius 2 is 1.79 bits per heavy atom. The molecule has 2 amide bonds. The summed E-state index contributed by atoms with van der Waals surface area (Å²) in [6.45, 7) is 5.30. The highest BCUT2D eigenvalue weighted by atomic mass is 79.9. The first-order valence-electron chi connectivity index (χ1n) is 9.46. The van der Waals surface area contributed by atoms with Crippen LogP contribution < -0.4 is 10.1 Å². The summed E-state index contributed by atoms with van der Waals surface area (Å²) >= 11 is 3.37. The molecule has 6 heteroatoms. The maximum absolute atomic E-state index is 12.4. The highest BCUT2D eigenvalue weighted by molar-refractivity contribution is 9.10. The Balaban J connectivity index is 1.44. The molecule has 0 saturated carbocycles. The fourth-order valence-corrected chi connectivity index (χ4v) is 3.60. The molecular formula is C22H25BrN2O3. The minimum Gasteiger partial charge on any atom is -0.484 e. The third kappa shape index (κ3) is 5.35. The summed E-state index contributed by atoms with van der Waals surface area (Å²) in [5, 5.41) is 3.06. The monoisotopic (exact) mass is 444 g/mol. The fraction of sp³-hybridized carbons (Fsp3) is 0.364. The summed E-state index contributed by atoms with van der Waals surface area (Å²) < 4.78 is 6.64. The van der Waals surface area contributed by atoms with Gasteiger partial charge in [0.05, 0.1) is 0 Å². The predicted molar refractivity (Wildman–Crippen MR) is 113 cm³/mol. The highest BCUT2D eigenvalue weighted by Crippen LogP contribution is 2.19. The van der Waals surface area contributed by atoms with Crippen molar-refractivity contribution in [2.45, 2.75) is 32.7 Å². The van der Waals surface area contributed by atoms with Gasteiger partial charge in [-0.05, 0) is 62.6 Å². The number of amides is 2. The van der Waals surface area contributed by atoms with Gasteiger partial charge in [0.2, 0.25) is 0 Å².